The van der Waals surface area contributed by atoms with E-state index < -0.39 is 0 Å². The molecular formula is C26H26N2O3S. The molecule has 0 saturated carbocycles. The minimum Gasteiger partial charge on any atom is -0.465 e. The smallest absolute Gasteiger partial charge is 0.337 e. The van der Waals surface area contributed by atoms with Crippen LogP contribution in [0.25, 0.3) is 0 Å². The lowest BCUT2D eigenvalue weighted by atomic mass is 9.96. The normalized spacial score (nSPS) is 13.8. The summed E-state index contributed by atoms with van der Waals surface area (Å²) in [6, 6.07) is 16.6. The summed E-state index contributed by atoms with van der Waals surface area (Å²) in [5.41, 5.74) is 3.96. The van der Waals surface area contributed by atoms with Gasteiger partial charge in [-0.1, -0.05) is 43.2 Å². The topological polar surface area (TPSA) is 67.8 Å². The molecule has 0 bridgehead atoms. The van der Waals surface area contributed by atoms with Crippen molar-refractivity contribution < 1.29 is 14.3 Å². The summed E-state index contributed by atoms with van der Waals surface area (Å²) in [6.07, 6.45) is 8.31. The molecule has 1 aromatic heterocycles. The quantitative estimate of drug-likeness (QED) is 0.375. The third kappa shape index (κ3) is 5.14. The van der Waals surface area contributed by atoms with Gasteiger partial charge in [0.2, 0.25) is 0 Å². The number of para-hydroxylation sites is 1. The number of anilines is 1. The largest absolute Gasteiger partial charge is 0.465 e. The third-order valence-electron chi connectivity index (χ3n) is 5.57. The Bertz CT molecular complexity index is 1120. The number of fused-ring (bicyclic) bond motifs is 1. The summed E-state index contributed by atoms with van der Waals surface area (Å²) < 4.78 is 4.75. The van der Waals surface area contributed by atoms with Crippen molar-refractivity contribution in [2.45, 2.75) is 38.5 Å². The summed E-state index contributed by atoms with van der Waals surface area (Å²) >= 11 is 1.62. The van der Waals surface area contributed by atoms with E-state index in [1.54, 1.807) is 29.7 Å². The van der Waals surface area contributed by atoms with Gasteiger partial charge in [0.05, 0.1) is 18.2 Å². The van der Waals surface area contributed by atoms with Crippen molar-refractivity contribution in [3.05, 3.63) is 81.7 Å². The fourth-order valence-corrected chi connectivity index (χ4v) is 5.13. The number of ether oxygens (including phenoxy) is 1. The highest BCUT2D eigenvalue weighted by Crippen LogP contribution is 2.39. The molecule has 3 aromatic rings. The van der Waals surface area contributed by atoms with Gasteiger partial charge < -0.3 is 10.1 Å². The lowest BCUT2D eigenvalue weighted by Gasteiger charge is -2.12. The van der Waals surface area contributed by atoms with Gasteiger partial charge in [-0.3, -0.25) is 4.79 Å². The number of nitrogens with zero attached hydrogens (tertiary/aromatic N) is 1. The summed E-state index contributed by atoms with van der Waals surface area (Å²) in [5, 5.41) is 3.78. The van der Waals surface area contributed by atoms with Crippen LogP contribution in [0.15, 0.2) is 59.6 Å². The molecule has 5 nitrogen and oxygen atoms in total. The molecule has 0 radical (unpaired) electrons. The van der Waals surface area contributed by atoms with Crippen molar-refractivity contribution in [1.82, 2.24) is 0 Å². The number of rotatable bonds is 5. The minimum absolute atomic E-state index is 0.109. The van der Waals surface area contributed by atoms with Gasteiger partial charge >= 0.3 is 5.97 Å². The first-order valence-electron chi connectivity index (χ1n) is 10.9. The van der Waals surface area contributed by atoms with Gasteiger partial charge in [0.25, 0.3) is 5.91 Å². The second kappa shape index (κ2) is 10.4. The number of aryl methyl sites for hydroxylation is 1. The zero-order valence-corrected chi connectivity index (χ0v) is 18.9. The summed E-state index contributed by atoms with van der Waals surface area (Å²) in [6.45, 7) is 0. The first-order chi connectivity index (χ1) is 15.7. The maximum absolute atomic E-state index is 13.3. The average molecular weight is 447 g/mol. The summed E-state index contributed by atoms with van der Waals surface area (Å²) in [7, 11) is 1.36. The van der Waals surface area contributed by atoms with Gasteiger partial charge in [-0.05, 0) is 61.1 Å². The van der Waals surface area contributed by atoms with E-state index in [0.29, 0.717) is 11.1 Å². The number of carbonyl (C=O) groups is 2. The van der Waals surface area contributed by atoms with Crippen molar-refractivity contribution in [3.63, 3.8) is 0 Å². The standard InChI is InChI=1S/C26H26N2O3S/c1-31-26(30)19-15-13-18(14-16-19)17-27-25-23(24(29)28-20-9-5-4-6-10-20)21-11-7-2-3-8-12-22(21)32-25/h4-6,9-10,13-17H,2-3,7-8,11-12H2,1H3,(H,28,29). The number of thiophene rings is 1. The van der Waals surface area contributed by atoms with Crippen molar-refractivity contribution in [1.29, 1.82) is 0 Å². The summed E-state index contributed by atoms with van der Waals surface area (Å²) in [4.78, 5) is 30.9. The highest BCUT2D eigenvalue weighted by Gasteiger charge is 2.24. The van der Waals surface area contributed by atoms with E-state index in [1.807, 2.05) is 42.5 Å². The van der Waals surface area contributed by atoms with Gasteiger partial charge in [-0.2, -0.15) is 0 Å². The second-order valence-corrected chi connectivity index (χ2v) is 8.87. The lowest BCUT2D eigenvalue weighted by molar-refractivity contribution is 0.0600. The second-order valence-electron chi connectivity index (χ2n) is 7.79. The molecule has 32 heavy (non-hydrogen) atoms. The van der Waals surface area contributed by atoms with Crippen LogP contribution in [0.1, 0.15) is 62.4 Å². The fourth-order valence-electron chi connectivity index (χ4n) is 3.90. The fraction of sp³-hybridized carbons (Fsp3) is 0.269. The van der Waals surface area contributed by atoms with Crippen LogP contribution in [0.5, 0.6) is 0 Å². The Morgan fingerprint density at radius 2 is 1.69 bits per heavy atom. The molecule has 2 aromatic carbocycles. The monoisotopic (exact) mass is 446 g/mol. The molecule has 1 aliphatic carbocycles. The van der Waals surface area contributed by atoms with E-state index in [-0.39, 0.29) is 11.9 Å². The number of esters is 1. The Balaban J connectivity index is 1.65. The van der Waals surface area contributed by atoms with Gasteiger partial charge in [-0.15, -0.1) is 11.3 Å². The van der Waals surface area contributed by atoms with Gasteiger partial charge in [0.15, 0.2) is 0 Å². The molecular weight excluding hydrogens is 420 g/mol. The van der Waals surface area contributed by atoms with Crippen LogP contribution in [-0.2, 0) is 17.6 Å². The Labute approximate surface area is 192 Å². The maximum Gasteiger partial charge on any atom is 0.337 e. The molecule has 1 N–H and O–H groups in total. The first kappa shape index (κ1) is 22.0. The van der Waals surface area contributed by atoms with Crippen molar-refractivity contribution >= 4 is 40.1 Å². The number of methoxy groups -OCH3 is 1. The molecule has 0 fully saturated rings. The molecule has 0 saturated heterocycles. The van der Waals surface area contributed by atoms with Crippen LogP contribution >= 0.6 is 11.3 Å². The van der Waals surface area contributed by atoms with Crippen LogP contribution in [0, 0.1) is 0 Å². The molecule has 1 amide bonds. The number of hydrogen-bond donors (Lipinski definition) is 1. The van der Waals surface area contributed by atoms with Crippen molar-refractivity contribution in [2.75, 3.05) is 12.4 Å². The predicted octanol–water partition coefficient (Wildman–Crippen LogP) is 6.20. The van der Waals surface area contributed by atoms with E-state index in [2.05, 4.69) is 5.32 Å². The first-order valence-corrected chi connectivity index (χ1v) is 11.7. The SMILES string of the molecule is COC(=O)c1ccc(C=Nc2sc3c(c2C(=O)Nc2ccccc2)CCCCCC3)cc1. The highest BCUT2D eigenvalue weighted by atomic mass is 32.1. The molecule has 1 aliphatic rings. The van der Waals surface area contributed by atoms with E-state index in [1.165, 1.54) is 24.8 Å². The summed E-state index contributed by atoms with van der Waals surface area (Å²) in [5.74, 6) is -0.478. The van der Waals surface area contributed by atoms with Gasteiger partial charge in [-0.25, -0.2) is 9.79 Å². The highest BCUT2D eigenvalue weighted by molar-refractivity contribution is 7.16. The Kier molecular flexibility index (Phi) is 7.12. The number of amides is 1. The Morgan fingerprint density at radius 3 is 2.41 bits per heavy atom. The minimum atomic E-state index is -0.369. The molecule has 0 unspecified atom stereocenters. The zero-order valence-electron chi connectivity index (χ0n) is 18.1. The lowest BCUT2D eigenvalue weighted by Crippen LogP contribution is -2.14. The van der Waals surface area contributed by atoms with Gasteiger partial charge in [0.1, 0.15) is 5.00 Å². The number of hydrogen-bond acceptors (Lipinski definition) is 5. The third-order valence-corrected chi connectivity index (χ3v) is 6.77. The zero-order chi connectivity index (χ0) is 22.3. The molecule has 0 aliphatic heterocycles. The molecule has 0 atom stereocenters. The van der Waals surface area contributed by atoms with Crippen LogP contribution in [0.3, 0.4) is 0 Å². The molecule has 4 rings (SSSR count). The van der Waals surface area contributed by atoms with E-state index in [0.717, 1.165) is 47.5 Å². The van der Waals surface area contributed by atoms with Crippen molar-refractivity contribution in [2.24, 2.45) is 4.99 Å². The van der Waals surface area contributed by atoms with Crippen LogP contribution < -0.4 is 5.32 Å². The van der Waals surface area contributed by atoms with Crippen LogP contribution in [-0.4, -0.2) is 25.2 Å². The van der Waals surface area contributed by atoms with E-state index >= 15 is 0 Å². The Morgan fingerprint density at radius 1 is 0.969 bits per heavy atom. The molecule has 6 heteroatoms. The predicted molar refractivity (Wildman–Crippen MR) is 130 cm³/mol. The van der Waals surface area contributed by atoms with Crippen LogP contribution in [0.2, 0.25) is 0 Å². The number of carbonyl (C=O) groups excluding carboxylic acids is 2. The van der Waals surface area contributed by atoms with Gasteiger partial charge in [0, 0.05) is 16.8 Å². The molecule has 0 spiro atoms. The molecule has 164 valence electrons. The van der Waals surface area contributed by atoms with E-state index in [4.69, 9.17) is 9.73 Å². The Hall–Kier alpha value is -3.25. The molecule has 1 heterocycles. The average Bonchev–Trinajstić information content (AvgIpc) is 3.14. The van der Waals surface area contributed by atoms with Crippen molar-refractivity contribution in [3.8, 4) is 0 Å². The van der Waals surface area contributed by atoms with E-state index in [9.17, 15) is 9.59 Å². The number of benzene rings is 2. The van der Waals surface area contributed by atoms with Crippen LogP contribution in [0.4, 0.5) is 10.7 Å². The maximum atomic E-state index is 13.3. The number of nitrogens with one attached hydrogen (secondary N) is 1. The number of aliphatic imine (C=N–C) groups is 1.